The highest BCUT2D eigenvalue weighted by molar-refractivity contribution is 5.95. The number of rotatable bonds is 7. The fourth-order valence-corrected chi connectivity index (χ4v) is 2.98. The number of anilines is 1. The molecule has 0 aromatic heterocycles. The summed E-state index contributed by atoms with van der Waals surface area (Å²) in [5.41, 5.74) is 0.524. The molecule has 0 saturated heterocycles. The van der Waals surface area contributed by atoms with Gasteiger partial charge >= 0.3 is 5.97 Å². The molecule has 0 spiro atoms. The van der Waals surface area contributed by atoms with Crippen LogP contribution in [-0.4, -0.2) is 23.4 Å². The largest absolute Gasteiger partial charge is 0.456 e. The van der Waals surface area contributed by atoms with Crippen molar-refractivity contribution in [3.63, 3.8) is 0 Å². The summed E-state index contributed by atoms with van der Waals surface area (Å²) in [5, 5.41) is 13.5. The first kappa shape index (κ1) is 17.9. The standard InChI is InChI=1S/C17H22N2O5/c1-12-5-4-8-14(19(22)23)17(12)18-15(20)11-24-16(21)10-9-13-6-2-3-7-13/h4-5,8,13H,2-3,6-7,9-11H2,1H3,(H,18,20). The molecule has 0 heterocycles. The zero-order valence-electron chi connectivity index (χ0n) is 13.7. The highest BCUT2D eigenvalue weighted by Gasteiger charge is 2.19. The molecule has 7 nitrogen and oxygen atoms in total. The van der Waals surface area contributed by atoms with E-state index in [9.17, 15) is 19.7 Å². The molecule has 24 heavy (non-hydrogen) atoms. The SMILES string of the molecule is Cc1cccc([N+](=O)[O-])c1NC(=O)COC(=O)CCC1CCCC1. The summed E-state index contributed by atoms with van der Waals surface area (Å²) in [6.45, 7) is 1.23. The molecular formula is C17H22N2O5. The highest BCUT2D eigenvalue weighted by atomic mass is 16.6. The number of amides is 1. The highest BCUT2D eigenvalue weighted by Crippen LogP contribution is 2.29. The van der Waals surface area contributed by atoms with Gasteiger partial charge in [0.05, 0.1) is 4.92 Å². The summed E-state index contributed by atoms with van der Waals surface area (Å²) in [5.74, 6) is -0.404. The number of nitro benzene ring substituents is 1. The van der Waals surface area contributed by atoms with Gasteiger partial charge in [-0.2, -0.15) is 0 Å². The lowest BCUT2D eigenvalue weighted by Crippen LogP contribution is -2.22. The van der Waals surface area contributed by atoms with Gasteiger partial charge in [-0.15, -0.1) is 0 Å². The zero-order valence-corrected chi connectivity index (χ0v) is 13.7. The lowest BCUT2D eigenvalue weighted by Gasteiger charge is -2.10. The molecule has 1 saturated carbocycles. The topological polar surface area (TPSA) is 98.5 Å². The fourth-order valence-electron chi connectivity index (χ4n) is 2.98. The number of esters is 1. The van der Waals surface area contributed by atoms with Gasteiger partial charge in [0, 0.05) is 12.5 Å². The maximum atomic E-state index is 11.9. The molecule has 130 valence electrons. The van der Waals surface area contributed by atoms with Crippen LogP contribution >= 0.6 is 0 Å². The van der Waals surface area contributed by atoms with Crippen LogP contribution < -0.4 is 5.32 Å². The van der Waals surface area contributed by atoms with Gasteiger partial charge < -0.3 is 10.1 Å². The average molecular weight is 334 g/mol. The Morgan fingerprint density at radius 2 is 2.04 bits per heavy atom. The van der Waals surface area contributed by atoms with E-state index in [-0.39, 0.29) is 11.4 Å². The van der Waals surface area contributed by atoms with Crippen molar-refractivity contribution in [1.29, 1.82) is 0 Å². The van der Waals surface area contributed by atoms with Gasteiger partial charge in [-0.25, -0.2) is 0 Å². The number of nitrogens with zero attached hydrogens (tertiary/aromatic N) is 1. The number of hydrogen-bond donors (Lipinski definition) is 1. The molecule has 0 aliphatic heterocycles. The van der Waals surface area contributed by atoms with Crippen molar-refractivity contribution in [2.75, 3.05) is 11.9 Å². The number of nitro groups is 1. The number of ether oxygens (including phenoxy) is 1. The third-order valence-corrected chi connectivity index (χ3v) is 4.31. The Hall–Kier alpha value is -2.44. The van der Waals surface area contributed by atoms with Gasteiger partial charge in [0.25, 0.3) is 11.6 Å². The van der Waals surface area contributed by atoms with Crippen molar-refractivity contribution in [2.45, 2.75) is 45.4 Å². The number of carbonyl (C=O) groups excluding carboxylic acids is 2. The van der Waals surface area contributed by atoms with E-state index in [0.717, 1.165) is 19.3 Å². The quantitative estimate of drug-likeness (QED) is 0.468. The van der Waals surface area contributed by atoms with Crippen molar-refractivity contribution in [3.8, 4) is 0 Å². The van der Waals surface area contributed by atoms with E-state index in [1.165, 1.54) is 18.9 Å². The third kappa shape index (κ3) is 5.04. The minimum Gasteiger partial charge on any atom is -0.456 e. The number of para-hydroxylation sites is 1. The van der Waals surface area contributed by atoms with E-state index < -0.39 is 23.4 Å². The molecule has 1 aromatic carbocycles. The number of carbonyl (C=O) groups is 2. The summed E-state index contributed by atoms with van der Waals surface area (Å²) < 4.78 is 4.96. The summed E-state index contributed by atoms with van der Waals surface area (Å²) in [6, 6.07) is 4.53. The normalized spacial score (nSPS) is 14.4. The van der Waals surface area contributed by atoms with Crippen molar-refractivity contribution >= 4 is 23.3 Å². The summed E-state index contributed by atoms with van der Waals surface area (Å²) in [7, 11) is 0. The first-order valence-corrected chi connectivity index (χ1v) is 8.17. The first-order valence-electron chi connectivity index (χ1n) is 8.17. The second-order valence-corrected chi connectivity index (χ2v) is 6.12. The minimum absolute atomic E-state index is 0.134. The van der Waals surface area contributed by atoms with Crippen LogP contribution in [0.25, 0.3) is 0 Å². The molecule has 1 aliphatic carbocycles. The van der Waals surface area contributed by atoms with Crippen LogP contribution in [0.2, 0.25) is 0 Å². The molecule has 2 rings (SSSR count). The van der Waals surface area contributed by atoms with Crippen LogP contribution in [0.3, 0.4) is 0 Å². The Kier molecular flexibility index (Phi) is 6.28. The smallest absolute Gasteiger partial charge is 0.306 e. The maximum absolute atomic E-state index is 11.9. The van der Waals surface area contributed by atoms with Gasteiger partial charge in [0.15, 0.2) is 6.61 Å². The second kappa shape index (κ2) is 8.42. The second-order valence-electron chi connectivity index (χ2n) is 6.12. The van der Waals surface area contributed by atoms with Crippen LogP contribution in [0.1, 0.15) is 44.1 Å². The fraction of sp³-hybridized carbons (Fsp3) is 0.529. The van der Waals surface area contributed by atoms with Gasteiger partial charge in [0.1, 0.15) is 5.69 Å². The van der Waals surface area contributed by atoms with Gasteiger partial charge in [-0.3, -0.25) is 19.7 Å². The Labute approximate surface area is 140 Å². The van der Waals surface area contributed by atoms with E-state index in [2.05, 4.69) is 5.32 Å². The molecule has 0 atom stereocenters. The van der Waals surface area contributed by atoms with Crippen LogP contribution in [0.5, 0.6) is 0 Å². The van der Waals surface area contributed by atoms with Crippen LogP contribution in [0, 0.1) is 23.0 Å². The van der Waals surface area contributed by atoms with E-state index in [1.807, 2.05) is 0 Å². The van der Waals surface area contributed by atoms with Crippen molar-refractivity contribution in [1.82, 2.24) is 0 Å². The molecule has 1 aromatic rings. The van der Waals surface area contributed by atoms with Crippen LogP contribution in [0.4, 0.5) is 11.4 Å². The monoisotopic (exact) mass is 334 g/mol. The molecule has 1 fully saturated rings. The molecule has 1 amide bonds. The molecular weight excluding hydrogens is 312 g/mol. The maximum Gasteiger partial charge on any atom is 0.306 e. The summed E-state index contributed by atoms with van der Waals surface area (Å²) >= 11 is 0. The van der Waals surface area contributed by atoms with Gasteiger partial charge in [-0.05, 0) is 24.8 Å². The number of hydrogen-bond acceptors (Lipinski definition) is 5. The van der Waals surface area contributed by atoms with E-state index >= 15 is 0 Å². The molecule has 0 unspecified atom stereocenters. The zero-order chi connectivity index (χ0) is 17.5. The first-order chi connectivity index (χ1) is 11.5. The third-order valence-electron chi connectivity index (χ3n) is 4.31. The summed E-state index contributed by atoms with van der Waals surface area (Å²) in [6.07, 6.45) is 5.86. The van der Waals surface area contributed by atoms with Crippen LogP contribution in [-0.2, 0) is 14.3 Å². The molecule has 1 aliphatic rings. The molecule has 1 N–H and O–H groups in total. The predicted octanol–water partition coefficient (Wildman–Crippen LogP) is 3.36. The molecule has 0 bridgehead atoms. The Morgan fingerprint density at radius 1 is 1.33 bits per heavy atom. The molecule has 7 heteroatoms. The minimum atomic E-state index is -0.582. The number of benzene rings is 1. The van der Waals surface area contributed by atoms with Crippen molar-refractivity contribution in [3.05, 3.63) is 33.9 Å². The van der Waals surface area contributed by atoms with Crippen molar-refractivity contribution in [2.24, 2.45) is 5.92 Å². The predicted molar refractivity (Wildman–Crippen MR) is 88.6 cm³/mol. The van der Waals surface area contributed by atoms with E-state index in [1.54, 1.807) is 19.1 Å². The average Bonchev–Trinajstić information content (AvgIpc) is 3.06. The van der Waals surface area contributed by atoms with Gasteiger partial charge in [-0.1, -0.05) is 37.8 Å². The van der Waals surface area contributed by atoms with E-state index in [4.69, 9.17) is 4.74 Å². The van der Waals surface area contributed by atoms with Gasteiger partial charge in [0.2, 0.25) is 0 Å². The lowest BCUT2D eigenvalue weighted by molar-refractivity contribution is -0.384. The number of nitrogens with one attached hydrogen (secondary N) is 1. The Bertz CT molecular complexity index is 623. The van der Waals surface area contributed by atoms with E-state index in [0.29, 0.717) is 17.9 Å². The van der Waals surface area contributed by atoms with Crippen molar-refractivity contribution < 1.29 is 19.2 Å². The molecule has 0 radical (unpaired) electrons. The Balaban J connectivity index is 1.81. The number of aryl methyl sites for hydroxylation is 1. The lowest BCUT2D eigenvalue weighted by atomic mass is 10.0. The summed E-state index contributed by atoms with van der Waals surface area (Å²) in [4.78, 5) is 34.0. The van der Waals surface area contributed by atoms with Crippen LogP contribution in [0.15, 0.2) is 18.2 Å². The Morgan fingerprint density at radius 3 is 2.71 bits per heavy atom.